The molecule has 8 aromatic rings. The van der Waals surface area contributed by atoms with Crippen LogP contribution in [0.15, 0.2) is 182 Å². The van der Waals surface area contributed by atoms with Gasteiger partial charge in [0, 0.05) is 0 Å². The molecule has 0 radical (unpaired) electrons. The van der Waals surface area contributed by atoms with Crippen molar-refractivity contribution in [3.05, 3.63) is 221 Å². The Labute approximate surface area is 294 Å². The molecule has 0 N–H and O–H groups in total. The van der Waals surface area contributed by atoms with Crippen LogP contribution in [-0.4, -0.2) is 0 Å². The van der Waals surface area contributed by atoms with Crippen molar-refractivity contribution < 1.29 is 0 Å². The van der Waals surface area contributed by atoms with E-state index in [2.05, 4.69) is 189 Å². The lowest BCUT2D eigenvalue weighted by Gasteiger charge is -2.34. The van der Waals surface area contributed by atoms with Crippen LogP contribution < -0.4 is 0 Å². The lowest BCUT2D eigenvalue weighted by Crippen LogP contribution is -2.28. The first kappa shape index (κ1) is 29.0. The standard InChI is InChI=1S/C50H36/c1-33-28-34-14-8-11-21-41(34)46(29-33)36-24-26-44-45-27-25-37(47-30-35-15-9-10-20-40(35)42-22-12-13-23-43(42)47)32-49(45)50(48(44)31-36,38-16-4-2-5-17-38)39-18-6-3-7-19-39/h2-27,29-33H,28H2,1H3. The summed E-state index contributed by atoms with van der Waals surface area (Å²) in [7, 11) is 0. The smallest absolute Gasteiger partial charge is 0.0713 e. The monoisotopic (exact) mass is 636 g/mol. The fourth-order valence-corrected chi connectivity index (χ4v) is 9.11. The Kier molecular flexibility index (Phi) is 6.54. The Hall–Kier alpha value is -5.98. The fraction of sp³-hybridized carbons (Fsp3) is 0.0800. The van der Waals surface area contributed by atoms with Crippen molar-refractivity contribution >= 4 is 27.1 Å². The lowest BCUT2D eigenvalue weighted by molar-refractivity contribution is 0.713. The van der Waals surface area contributed by atoms with Gasteiger partial charge in [-0.2, -0.15) is 0 Å². The highest BCUT2D eigenvalue weighted by molar-refractivity contribution is 6.14. The third-order valence-electron chi connectivity index (χ3n) is 11.2. The molecule has 0 fully saturated rings. The minimum atomic E-state index is -0.494. The molecule has 0 saturated heterocycles. The van der Waals surface area contributed by atoms with Crippen LogP contribution >= 0.6 is 0 Å². The average molecular weight is 637 g/mol. The van der Waals surface area contributed by atoms with Gasteiger partial charge in [0.1, 0.15) is 0 Å². The molecular formula is C50H36. The van der Waals surface area contributed by atoms with E-state index < -0.39 is 5.41 Å². The van der Waals surface area contributed by atoms with E-state index >= 15 is 0 Å². The van der Waals surface area contributed by atoms with Gasteiger partial charge in [0.25, 0.3) is 0 Å². The number of rotatable bonds is 4. The summed E-state index contributed by atoms with van der Waals surface area (Å²) in [5.74, 6) is 0.484. The second-order valence-electron chi connectivity index (χ2n) is 14.1. The zero-order valence-electron chi connectivity index (χ0n) is 28.1. The van der Waals surface area contributed by atoms with Crippen LogP contribution in [0.5, 0.6) is 0 Å². The maximum Gasteiger partial charge on any atom is 0.0713 e. The third kappa shape index (κ3) is 4.25. The summed E-state index contributed by atoms with van der Waals surface area (Å²) in [6, 6.07) is 65.9. The zero-order chi connectivity index (χ0) is 33.2. The van der Waals surface area contributed by atoms with Crippen LogP contribution in [0.4, 0.5) is 0 Å². The molecule has 236 valence electrons. The topological polar surface area (TPSA) is 0 Å². The zero-order valence-corrected chi connectivity index (χ0v) is 28.1. The molecule has 0 aromatic heterocycles. The summed E-state index contributed by atoms with van der Waals surface area (Å²) in [4.78, 5) is 0. The highest BCUT2D eigenvalue weighted by atomic mass is 14.5. The van der Waals surface area contributed by atoms with Crippen molar-refractivity contribution in [2.75, 3.05) is 0 Å². The SMILES string of the molecule is CC1C=C(c2ccc3c(c2)C(c2ccccc2)(c2ccccc2)c2cc(-c4cc5ccccc5c5ccccc45)ccc2-3)c2ccccc2C1. The maximum absolute atomic E-state index is 2.51. The predicted molar refractivity (Wildman–Crippen MR) is 211 cm³/mol. The average Bonchev–Trinajstić information content (AvgIpc) is 3.47. The van der Waals surface area contributed by atoms with Crippen molar-refractivity contribution in [1.82, 2.24) is 0 Å². The molecule has 2 aliphatic carbocycles. The molecule has 0 saturated carbocycles. The first-order valence-corrected chi connectivity index (χ1v) is 17.8. The summed E-state index contributed by atoms with van der Waals surface area (Å²) in [6.07, 6.45) is 3.57. The van der Waals surface area contributed by atoms with Crippen molar-refractivity contribution in [1.29, 1.82) is 0 Å². The molecule has 10 rings (SSSR count). The van der Waals surface area contributed by atoms with Crippen LogP contribution in [0, 0.1) is 5.92 Å². The minimum absolute atomic E-state index is 0.484. The Balaban J connectivity index is 1.27. The maximum atomic E-state index is 2.51. The number of allylic oxidation sites excluding steroid dienone is 1. The summed E-state index contributed by atoms with van der Waals surface area (Å²) in [5.41, 5.74) is 15.3. The van der Waals surface area contributed by atoms with E-state index in [1.807, 2.05) is 0 Å². The van der Waals surface area contributed by atoms with Crippen molar-refractivity contribution in [3.63, 3.8) is 0 Å². The van der Waals surface area contributed by atoms with Gasteiger partial charge >= 0.3 is 0 Å². The van der Waals surface area contributed by atoms with Gasteiger partial charge in [-0.3, -0.25) is 0 Å². The highest BCUT2D eigenvalue weighted by Crippen LogP contribution is 2.57. The Morgan fingerprint density at radius 1 is 0.440 bits per heavy atom. The Bertz CT molecular complexity index is 2580. The first-order chi connectivity index (χ1) is 24.7. The Morgan fingerprint density at radius 3 is 1.72 bits per heavy atom. The van der Waals surface area contributed by atoms with Crippen LogP contribution in [0.25, 0.3) is 49.4 Å². The fourth-order valence-electron chi connectivity index (χ4n) is 9.11. The molecule has 0 spiro atoms. The van der Waals surface area contributed by atoms with Crippen molar-refractivity contribution in [2.24, 2.45) is 5.92 Å². The number of fused-ring (bicyclic) bond motifs is 7. The van der Waals surface area contributed by atoms with Crippen LogP contribution in [0.3, 0.4) is 0 Å². The van der Waals surface area contributed by atoms with Gasteiger partial charge in [0.05, 0.1) is 5.41 Å². The van der Waals surface area contributed by atoms with Gasteiger partial charge < -0.3 is 0 Å². The van der Waals surface area contributed by atoms with Crippen molar-refractivity contribution in [3.8, 4) is 22.3 Å². The lowest BCUT2D eigenvalue weighted by atomic mass is 9.67. The van der Waals surface area contributed by atoms with E-state index in [0.29, 0.717) is 5.92 Å². The summed E-state index contributed by atoms with van der Waals surface area (Å²) in [5, 5.41) is 5.14. The quantitative estimate of drug-likeness (QED) is 0.169. The van der Waals surface area contributed by atoms with Gasteiger partial charge in [0.2, 0.25) is 0 Å². The van der Waals surface area contributed by atoms with E-state index in [1.165, 1.54) is 88.3 Å². The molecule has 0 heterocycles. The summed E-state index contributed by atoms with van der Waals surface area (Å²) < 4.78 is 0. The van der Waals surface area contributed by atoms with Gasteiger partial charge in [-0.1, -0.05) is 171 Å². The molecule has 0 bridgehead atoms. The van der Waals surface area contributed by atoms with Crippen LogP contribution in [0.2, 0.25) is 0 Å². The van der Waals surface area contributed by atoms with E-state index in [-0.39, 0.29) is 0 Å². The van der Waals surface area contributed by atoms with E-state index in [4.69, 9.17) is 0 Å². The molecule has 50 heavy (non-hydrogen) atoms. The summed E-state index contributed by atoms with van der Waals surface area (Å²) in [6.45, 7) is 2.34. The molecular weight excluding hydrogens is 601 g/mol. The third-order valence-corrected chi connectivity index (χ3v) is 11.2. The minimum Gasteiger partial charge on any atom is -0.0729 e. The number of hydrogen-bond donors (Lipinski definition) is 0. The number of benzene rings is 8. The first-order valence-electron chi connectivity index (χ1n) is 17.8. The molecule has 0 amide bonds. The largest absolute Gasteiger partial charge is 0.0729 e. The van der Waals surface area contributed by atoms with E-state index in [0.717, 1.165) is 6.42 Å². The molecule has 1 unspecified atom stereocenters. The summed E-state index contributed by atoms with van der Waals surface area (Å²) >= 11 is 0. The van der Waals surface area contributed by atoms with E-state index in [1.54, 1.807) is 0 Å². The second kappa shape index (κ2) is 11.3. The van der Waals surface area contributed by atoms with Gasteiger partial charge in [-0.25, -0.2) is 0 Å². The molecule has 8 aromatic carbocycles. The molecule has 1 atom stereocenters. The van der Waals surface area contributed by atoms with Crippen LogP contribution in [-0.2, 0) is 11.8 Å². The predicted octanol–water partition coefficient (Wildman–Crippen LogP) is 12.6. The van der Waals surface area contributed by atoms with Gasteiger partial charge in [-0.05, 0) is 119 Å². The van der Waals surface area contributed by atoms with Gasteiger partial charge in [-0.15, -0.1) is 0 Å². The second-order valence-corrected chi connectivity index (χ2v) is 14.1. The normalized spacial score (nSPS) is 15.7. The number of hydrogen-bond acceptors (Lipinski definition) is 0. The molecule has 0 nitrogen and oxygen atoms in total. The Morgan fingerprint density at radius 2 is 1.00 bits per heavy atom. The van der Waals surface area contributed by atoms with E-state index in [9.17, 15) is 0 Å². The highest BCUT2D eigenvalue weighted by Gasteiger charge is 2.46. The van der Waals surface area contributed by atoms with Gasteiger partial charge in [0.15, 0.2) is 0 Å². The van der Waals surface area contributed by atoms with Crippen LogP contribution in [0.1, 0.15) is 45.9 Å². The molecule has 2 aliphatic rings. The molecule has 0 heteroatoms. The van der Waals surface area contributed by atoms with Crippen molar-refractivity contribution in [2.45, 2.75) is 18.8 Å². The molecule has 0 aliphatic heterocycles.